The molecule has 1 heterocycles. The zero-order valence-electron chi connectivity index (χ0n) is 12.5. The van der Waals surface area contributed by atoms with E-state index in [1.54, 1.807) is 11.3 Å². The predicted octanol–water partition coefficient (Wildman–Crippen LogP) is 2.46. The number of aliphatic imine (C=N–C) groups is 1. The SMILES string of the molecule is CCc1cnc(CCNC(=NC)NCCC(C)C)s1. The second-order valence-electron chi connectivity index (χ2n) is 4.93. The fraction of sp³-hybridized carbons (Fsp3) is 0.714. The number of thiazole rings is 1. The molecule has 19 heavy (non-hydrogen) atoms. The summed E-state index contributed by atoms with van der Waals surface area (Å²) < 4.78 is 0. The van der Waals surface area contributed by atoms with Crippen molar-refractivity contribution in [2.24, 2.45) is 10.9 Å². The molecular weight excluding hydrogens is 256 g/mol. The molecule has 0 saturated carbocycles. The lowest BCUT2D eigenvalue weighted by Gasteiger charge is -2.12. The largest absolute Gasteiger partial charge is 0.356 e. The van der Waals surface area contributed by atoms with Crippen LogP contribution in [0.1, 0.15) is 37.1 Å². The molecule has 0 aliphatic carbocycles. The van der Waals surface area contributed by atoms with Crippen LogP contribution in [0.25, 0.3) is 0 Å². The molecule has 0 fully saturated rings. The first-order valence-electron chi connectivity index (χ1n) is 7.03. The van der Waals surface area contributed by atoms with E-state index in [9.17, 15) is 0 Å². The van der Waals surface area contributed by atoms with Crippen LogP contribution in [0.15, 0.2) is 11.2 Å². The third kappa shape index (κ3) is 6.57. The lowest BCUT2D eigenvalue weighted by atomic mass is 10.1. The quantitative estimate of drug-likeness (QED) is 0.596. The molecule has 0 aromatic carbocycles. The zero-order valence-corrected chi connectivity index (χ0v) is 13.3. The number of hydrogen-bond donors (Lipinski definition) is 2. The van der Waals surface area contributed by atoms with Gasteiger partial charge in [-0.1, -0.05) is 20.8 Å². The van der Waals surface area contributed by atoms with Gasteiger partial charge in [0.15, 0.2) is 5.96 Å². The van der Waals surface area contributed by atoms with Gasteiger partial charge in [-0.05, 0) is 18.8 Å². The number of hydrogen-bond acceptors (Lipinski definition) is 3. The fourth-order valence-corrected chi connectivity index (χ4v) is 2.48. The molecule has 0 unspecified atom stereocenters. The van der Waals surface area contributed by atoms with Crippen molar-refractivity contribution < 1.29 is 0 Å². The topological polar surface area (TPSA) is 49.3 Å². The van der Waals surface area contributed by atoms with E-state index in [-0.39, 0.29) is 0 Å². The molecule has 108 valence electrons. The van der Waals surface area contributed by atoms with Crippen molar-refractivity contribution in [2.45, 2.75) is 40.0 Å². The molecular formula is C14H26N4S. The summed E-state index contributed by atoms with van der Waals surface area (Å²) in [5.74, 6) is 1.60. The second-order valence-corrected chi connectivity index (χ2v) is 6.13. The highest BCUT2D eigenvalue weighted by Crippen LogP contribution is 2.13. The summed E-state index contributed by atoms with van der Waals surface area (Å²) in [5, 5.41) is 7.85. The molecule has 0 aliphatic rings. The van der Waals surface area contributed by atoms with Crippen molar-refractivity contribution in [2.75, 3.05) is 20.1 Å². The third-order valence-electron chi connectivity index (χ3n) is 2.82. The molecule has 0 spiro atoms. The third-order valence-corrected chi connectivity index (χ3v) is 4.02. The van der Waals surface area contributed by atoms with Crippen molar-refractivity contribution in [3.63, 3.8) is 0 Å². The Morgan fingerprint density at radius 2 is 2.11 bits per heavy atom. The van der Waals surface area contributed by atoms with Crippen LogP contribution in [-0.4, -0.2) is 31.1 Å². The van der Waals surface area contributed by atoms with E-state index in [0.717, 1.165) is 38.3 Å². The van der Waals surface area contributed by atoms with Gasteiger partial charge in [0, 0.05) is 37.6 Å². The van der Waals surface area contributed by atoms with Crippen LogP contribution >= 0.6 is 11.3 Å². The van der Waals surface area contributed by atoms with Gasteiger partial charge < -0.3 is 10.6 Å². The number of guanidine groups is 1. The van der Waals surface area contributed by atoms with E-state index in [1.165, 1.54) is 9.88 Å². The number of aromatic nitrogens is 1. The molecule has 0 radical (unpaired) electrons. The molecule has 1 aromatic rings. The highest BCUT2D eigenvalue weighted by molar-refractivity contribution is 7.11. The normalized spacial score (nSPS) is 11.9. The van der Waals surface area contributed by atoms with E-state index in [2.05, 4.69) is 41.4 Å². The van der Waals surface area contributed by atoms with Gasteiger partial charge in [0.2, 0.25) is 0 Å². The van der Waals surface area contributed by atoms with Crippen LogP contribution in [0.4, 0.5) is 0 Å². The van der Waals surface area contributed by atoms with Gasteiger partial charge >= 0.3 is 0 Å². The van der Waals surface area contributed by atoms with Crippen molar-refractivity contribution >= 4 is 17.3 Å². The van der Waals surface area contributed by atoms with E-state index >= 15 is 0 Å². The second kappa shape index (κ2) is 8.91. The van der Waals surface area contributed by atoms with E-state index in [4.69, 9.17) is 0 Å². The molecule has 1 rings (SSSR count). The Kier molecular flexibility index (Phi) is 7.48. The maximum Gasteiger partial charge on any atom is 0.190 e. The smallest absolute Gasteiger partial charge is 0.190 e. The van der Waals surface area contributed by atoms with Crippen LogP contribution in [-0.2, 0) is 12.8 Å². The maximum absolute atomic E-state index is 4.41. The van der Waals surface area contributed by atoms with Crippen molar-refractivity contribution in [3.05, 3.63) is 16.1 Å². The molecule has 0 saturated heterocycles. The molecule has 1 aromatic heterocycles. The minimum atomic E-state index is 0.716. The molecule has 4 nitrogen and oxygen atoms in total. The van der Waals surface area contributed by atoms with Gasteiger partial charge in [-0.25, -0.2) is 4.98 Å². The van der Waals surface area contributed by atoms with Crippen LogP contribution < -0.4 is 10.6 Å². The summed E-state index contributed by atoms with van der Waals surface area (Å²) >= 11 is 1.80. The number of aryl methyl sites for hydroxylation is 1. The van der Waals surface area contributed by atoms with Crippen LogP contribution in [0.5, 0.6) is 0 Å². The molecule has 0 amide bonds. The molecule has 0 bridgehead atoms. The molecule has 0 aliphatic heterocycles. The minimum absolute atomic E-state index is 0.716. The van der Waals surface area contributed by atoms with Gasteiger partial charge in [0.25, 0.3) is 0 Å². The van der Waals surface area contributed by atoms with Crippen LogP contribution in [0.3, 0.4) is 0 Å². The zero-order chi connectivity index (χ0) is 14.1. The standard InChI is InChI=1S/C14H26N4S/c1-5-12-10-18-13(19-12)7-9-17-14(15-4)16-8-6-11(2)3/h10-11H,5-9H2,1-4H3,(H2,15,16,17). The summed E-state index contributed by atoms with van der Waals surface area (Å²) in [7, 11) is 1.81. The summed E-state index contributed by atoms with van der Waals surface area (Å²) in [6.45, 7) is 8.46. The van der Waals surface area contributed by atoms with E-state index in [1.807, 2.05) is 13.2 Å². The number of nitrogens with zero attached hydrogens (tertiary/aromatic N) is 2. The Bertz CT molecular complexity index is 385. The van der Waals surface area contributed by atoms with Gasteiger partial charge in [-0.15, -0.1) is 11.3 Å². The Hall–Kier alpha value is -1.10. The maximum atomic E-state index is 4.41. The van der Waals surface area contributed by atoms with E-state index in [0.29, 0.717) is 5.92 Å². The van der Waals surface area contributed by atoms with Crippen molar-refractivity contribution in [1.82, 2.24) is 15.6 Å². The summed E-state index contributed by atoms with van der Waals surface area (Å²) in [5.41, 5.74) is 0. The van der Waals surface area contributed by atoms with Crippen LogP contribution in [0.2, 0.25) is 0 Å². The summed E-state index contributed by atoms with van der Waals surface area (Å²) in [6.07, 6.45) is 5.17. The molecule has 0 atom stereocenters. The van der Waals surface area contributed by atoms with Crippen molar-refractivity contribution in [1.29, 1.82) is 0 Å². The average molecular weight is 282 g/mol. The first-order chi connectivity index (χ1) is 9.15. The lowest BCUT2D eigenvalue weighted by Crippen LogP contribution is -2.39. The lowest BCUT2D eigenvalue weighted by molar-refractivity contribution is 0.573. The summed E-state index contributed by atoms with van der Waals surface area (Å²) in [4.78, 5) is 9.98. The highest BCUT2D eigenvalue weighted by atomic mass is 32.1. The van der Waals surface area contributed by atoms with Gasteiger partial charge in [0.05, 0.1) is 5.01 Å². The molecule has 5 heteroatoms. The highest BCUT2D eigenvalue weighted by Gasteiger charge is 2.02. The Morgan fingerprint density at radius 1 is 1.37 bits per heavy atom. The van der Waals surface area contributed by atoms with E-state index < -0.39 is 0 Å². The Morgan fingerprint density at radius 3 is 2.68 bits per heavy atom. The monoisotopic (exact) mass is 282 g/mol. The fourth-order valence-electron chi connectivity index (χ4n) is 1.61. The number of rotatable bonds is 7. The van der Waals surface area contributed by atoms with Crippen molar-refractivity contribution in [3.8, 4) is 0 Å². The predicted molar refractivity (Wildman–Crippen MR) is 84.0 cm³/mol. The Balaban J connectivity index is 2.22. The first-order valence-corrected chi connectivity index (χ1v) is 7.85. The van der Waals surface area contributed by atoms with Crippen LogP contribution in [0, 0.1) is 5.92 Å². The van der Waals surface area contributed by atoms with Gasteiger partial charge in [-0.2, -0.15) is 0 Å². The first kappa shape index (κ1) is 16.0. The minimum Gasteiger partial charge on any atom is -0.356 e. The van der Waals surface area contributed by atoms with Gasteiger partial charge in [-0.3, -0.25) is 4.99 Å². The summed E-state index contributed by atoms with van der Waals surface area (Å²) in [6, 6.07) is 0. The molecule has 2 N–H and O–H groups in total. The Labute approximate surface area is 120 Å². The average Bonchev–Trinajstić information content (AvgIpc) is 2.84. The van der Waals surface area contributed by atoms with Gasteiger partial charge in [0.1, 0.15) is 0 Å². The number of nitrogens with one attached hydrogen (secondary N) is 2.